The monoisotopic (exact) mass is 356 g/mol. The van der Waals surface area contributed by atoms with Crippen LogP contribution in [0, 0.1) is 0 Å². The summed E-state index contributed by atoms with van der Waals surface area (Å²) in [6.45, 7) is 0. The summed E-state index contributed by atoms with van der Waals surface area (Å²) in [7, 11) is 3.50. The Morgan fingerprint density at radius 1 is 0.885 bits per heavy atom. The van der Waals surface area contributed by atoms with Crippen LogP contribution in [-0.4, -0.2) is 45.3 Å². The Bertz CT molecular complexity index is 942. The molecule has 2 aromatic rings. The maximum atomic E-state index is 12.6. The summed E-state index contributed by atoms with van der Waals surface area (Å²) in [5.74, 6) is -2.21. The van der Waals surface area contributed by atoms with Gasteiger partial charge < -0.3 is 18.9 Å². The van der Waals surface area contributed by atoms with E-state index in [0.29, 0.717) is 10.9 Å². The van der Waals surface area contributed by atoms with Crippen LogP contribution in [0.15, 0.2) is 42.0 Å². The Morgan fingerprint density at radius 2 is 1.58 bits per heavy atom. The summed E-state index contributed by atoms with van der Waals surface area (Å²) in [5, 5.41) is 1.51. The molecule has 0 bridgehead atoms. The number of fused-ring (bicyclic) bond motifs is 3. The van der Waals surface area contributed by atoms with Crippen molar-refractivity contribution in [1.82, 2.24) is 0 Å². The lowest BCUT2D eigenvalue weighted by Gasteiger charge is -2.28. The molecule has 0 fully saturated rings. The molecule has 0 saturated carbocycles. The van der Waals surface area contributed by atoms with Crippen molar-refractivity contribution in [1.29, 1.82) is 0 Å². The third kappa shape index (κ3) is 2.67. The number of ether oxygens (including phenoxy) is 4. The number of carbonyl (C=O) groups is 3. The highest BCUT2D eigenvalue weighted by atomic mass is 16.6. The van der Waals surface area contributed by atoms with Gasteiger partial charge in [0.25, 0.3) is 0 Å². The third-order valence-corrected chi connectivity index (χ3v) is 4.13. The van der Waals surface area contributed by atoms with Crippen molar-refractivity contribution in [3.8, 4) is 5.75 Å². The van der Waals surface area contributed by atoms with Gasteiger partial charge in [0.15, 0.2) is 0 Å². The second kappa shape index (κ2) is 6.87. The molecule has 3 rings (SSSR count). The molecule has 0 aliphatic carbocycles. The Morgan fingerprint density at radius 3 is 2.23 bits per heavy atom. The largest absolute Gasteiger partial charge is 0.473 e. The Kier molecular flexibility index (Phi) is 4.62. The normalized spacial score (nSPS) is 15.7. The van der Waals surface area contributed by atoms with E-state index in [0.717, 1.165) is 19.6 Å². The van der Waals surface area contributed by atoms with Crippen molar-refractivity contribution in [3.63, 3.8) is 0 Å². The maximum Gasteiger partial charge on any atom is 0.352 e. The molecule has 0 saturated heterocycles. The highest BCUT2D eigenvalue weighted by Gasteiger charge is 2.42. The van der Waals surface area contributed by atoms with Gasteiger partial charge in [0.1, 0.15) is 11.3 Å². The molecule has 7 nitrogen and oxygen atoms in total. The first kappa shape index (κ1) is 17.5. The number of rotatable bonds is 3. The van der Waals surface area contributed by atoms with E-state index in [1.807, 2.05) is 12.1 Å². The van der Waals surface area contributed by atoms with Gasteiger partial charge in [-0.3, -0.25) is 0 Å². The average Bonchev–Trinajstić information content (AvgIpc) is 2.70. The number of methoxy groups -OCH3 is 3. The molecule has 2 aromatic carbocycles. The van der Waals surface area contributed by atoms with Crippen LogP contribution in [0.25, 0.3) is 16.3 Å². The summed E-state index contributed by atoms with van der Waals surface area (Å²) in [6, 6.07) is 10.7. The molecule has 26 heavy (non-hydrogen) atoms. The van der Waals surface area contributed by atoms with Gasteiger partial charge in [-0.05, 0) is 16.8 Å². The van der Waals surface area contributed by atoms with E-state index < -0.39 is 24.0 Å². The fourth-order valence-corrected chi connectivity index (χ4v) is 2.97. The van der Waals surface area contributed by atoms with Gasteiger partial charge in [-0.1, -0.05) is 30.3 Å². The van der Waals surface area contributed by atoms with E-state index in [4.69, 9.17) is 18.9 Å². The zero-order valence-corrected chi connectivity index (χ0v) is 14.4. The molecule has 0 spiro atoms. The van der Waals surface area contributed by atoms with Crippen molar-refractivity contribution in [2.75, 3.05) is 21.3 Å². The standard InChI is InChI=1S/C19H16O7/c1-23-17(20)14-13-11-7-5-4-6-10(11)8-9-12(13)26-16(19(22)25-3)15(14)18(21)24-2/h4-9,16H,1-3H3. The van der Waals surface area contributed by atoms with Crippen LogP contribution in [-0.2, 0) is 28.6 Å². The van der Waals surface area contributed by atoms with E-state index in [9.17, 15) is 14.4 Å². The van der Waals surface area contributed by atoms with Crippen molar-refractivity contribution in [2.24, 2.45) is 0 Å². The lowest BCUT2D eigenvalue weighted by Crippen LogP contribution is -2.38. The molecule has 1 aliphatic heterocycles. The number of benzene rings is 2. The van der Waals surface area contributed by atoms with E-state index in [1.54, 1.807) is 24.3 Å². The minimum absolute atomic E-state index is 0.0761. The number of carbonyl (C=O) groups excluding carboxylic acids is 3. The summed E-state index contributed by atoms with van der Waals surface area (Å²) >= 11 is 0. The zero-order chi connectivity index (χ0) is 18.8. The summed E-state index contributed by atoms with van der Waals surface area (Å²) < 4.78 is 20.1. The molecule has 1 atom stereocenters. The van der Waals surface area contributed by atoms with E-state index in [2.05, 4.69) is 0 Å². The van der Waals surface area contributed by atoms with E-state index in [1.165, 1.54) is 7.11 Å². The van der Waals surface area contributed by atoms with E-state index in [-0.39, 0.29) is 16.9 Å². The first-order chi connectivity index (χ1) is 12.5. The van der Waals surface area contributed by atoms with Gasteiger partial charge in [0.2, 0.25) is 6.10 Å². The van der Waals surface area contributed by atoms with Crippen LogP contribution in [0.1, 0.15) is 5.56 Å². The van der Waals surface area contributed by atoms with Gasteiger partial charge >= 0.3 is 17.9 Å². The zero-order valence-electron chi connectivity index (χ0n) is 14.4. The number of hydrogen-bond acceptors (Lipinski definition) is 7. The van der Waals surface area contributed by atoms with Gasteiger partial charge in [-0.25, -0.2) is 14.4 Å². The van der Waals surface area contributed by atoms with Crippen molar-refractivity contribution < 1.29 is 33.3 Å². The molecule has 0 aromatic heterocycles. The predicted molar refractivity (Wildman–Crippen MR) is 91.3 cm³/mol. The topological polar surface area (TPSA) is 88.1 Å². The smallest absolute Gasteiger partial charge is 0.352 e. The van der Waals surface area contributed by atoms with Crippen molar-refractivity contribution in [3.05, 3.63) is 47.5 Å². The highest BCUT2D eigenvalue weighted by Crippen LogP contribution is 2.41. The molecule has 0 radical (unpaired) electrons. The lowest BCUT2D eigenvalue weighted by molar-refractivity contribution is -0.150. The van der Waals surface area contributed by atoms with Gasteiger partial charge in [-0.15, -0.1) is 0 Å². The minimum atomic E-state index is -1.43. The molecule has 7 heteroatoms. The Balaban J connectivity index is 2.42. The Hall–Kier alpha value is -3.35. The molecule has 1 heterocycles. The molecule has 1 aliphatic rings. The second-order valence-electron chi connectivity index (χ2n) is 5.45. The first-order valence-electron chi connectivity index (χ1n) is 7.70. The van der Waals surface area contributed by atoms with Crippen LogP contribution in [0.4, 0.5) is 0 Å². The molecule has 0 N–H and O–H groups in total. The fraction of sp³-hybridized carbons (Fsp3) is 0.211. The van der Waals surface area contributed by atoms with Crippen LogP contribution < -0.4 is 4.74 Å². The maximum absolute atomic E-state index is 12.6. The number of esters is 3. The first-order valence-corrected chi connectivity index (χ1v) is 7.70. The lowest BCUT2D eigenvalue weighted by atomic mass is 9.89. The van der Waals surface area contributed by atoms with Crippen LogP contribution in [0.5, 0.6) is 5.75 Å². The molecule has 1 unspecified atom stereocenters. The summed E-state index contributed by atoms with van der Waals surface area (Å²) in [5.41, 5.74) is 0.0401. The summed E-state index contributed by atoms with van der Waals surface area (Å²) in [6.07, 6.45) is -1.43. The van der Waals surface area contributed by atoms with Gasteiger partial charge in [-0.2, -0.15) is 0 Å². The quantitative estimate of drug-likeness (QED) is 0.613. The summed E-state index contributed by atoms with van der Waals surface area (Å²) in [4.78, 5) is 37.1. The molecule has 0 amide bonds. The third-order valence-electron chi connectivity index (χ3n) is 4.13. The Labute approximate surface area is 149 Å². The minimum Gasteiger partial charge on any atom is -0.473 e. The molecule has 134 valence electrons. The SMILES string of the molecule is COC(=O)C1=C(C(=O)OC)C(C(=O)OC)Oc2ccc3ccccc3c21. The molecular formula is C19H16O7. The average molecular weight is 356 g/mol. The predicted octanol–water partition coefficient (Wildman–Crippen LogP) is 1.87. The molecular weight excluding hydrogens is 340 g/mol. The van der Waals surface area contributed by atoms with Crippen molar-refractivity contribution in [2.45, 2.75) is 6.10 Å². The van der Waals surface area contributed by atoms with Crippen molar-refractivity contribution >= 4 is 34.3 Å². The van der Waals surface area contributed by atoms with Gasteiger partial charge in [0, 0.05) is 5.56 Å². The van der Waals surface area contributed by atoms with Crippen LogP contribution in [0.3, 0.4) is 0 Å². The van der Waals surface area contributed by atoms with E-state index >= 15 is 0 Å². The second-order valence-corrected chi connectivity index (χ2v) is 5.45. The van der Waals surface area contributed by atoms with Crippen LogP contribution in [0.2, 0.25) is 0 Å². The fourth-order valence-electron chi connectivity index (χ4n) is 2.97. The van der Waals surface area contributed by atoms with Gasteiger partial charge in [0.05, 0.1) is 26.9 Å². The number of hydrogen-bond donors (Lipinski definition) is 0. The highest BCUT2D eigenvalue weighted by molar-refractivity contribution is 6.28. The van der Waals surface area contributed by atoms with Crippen LogP contribution >= 0.6 is 0 Å².